The topological polar surface area (TPSA) is 85.0 Å². The molecule has 0 radical (unpaired) electrons. The van der Waals surface area contributed by atoms with Gasteiger partial charge in [-0.25, -0.2) is 9.18 Å². The van der Waals surface area contributed by atoms with Crippen LogP contribution in [0.5, 0.6) is 0 Å². The summed E-state index contributed by atoms with van der Waals surface area (Å²) >= 11 is 0. The second-order valence-electron chi connectivity index (χ2n) is 5.25. The van der Waals surface area contributed by atoms with Gasteiger partial charge < -0.3 is 25.2 Å². The fourth-order valence-corrected chi connectivity index (χ4v) is 2.94. The van der Waals surface area contributed by atoms with Crippen molar-refractivity contribution in [3.05, 3.63) is 23.5 Å². The molecule has 21 heavy (non-hydrogen) atoms. The number of hydrogen-bond donors (Lipinski definition) is 2. The van der Waals surface area contributed by atoms with Crippen LogP contribution < -0.4 is 10.6 Å². The Morgan fingerprint density at radius 1 is 1.29 bits per heavy atom. The molecule has 2 aliphatic heterocycles. The predicted molar refractivity (Wildman–Crippen MR) is 73.9 cm³/mol. The Morgan fingerprint density at radius 2 is 1.90 bits per heavy atom. The van der Waals surface area contributed by atoms with Crippen molar-refractivity contribution in [3.63, 3.8) is 0 Å². The molecule has 0 aliphatic carbocycles. The van der Waals surface area contributed by atoms with E-state index in [0.29, 0.717) is 44.8 Å². The van der Waals surface area contributed by atoms with Crippen molar-refractivity contribution in [3.8, 4) is 0 Å². The number of anilines is 2. The van der Waals surface area contributed by atoms with Crippen LogP contribution in [0.4, 0.5) is 15.8 Å². The second-order valence-corrected chi connectivity index (χ2v) is 5.25. The first-order chi connectivity index (χ1) is 10.0. The molecular weight excluding hydrogens is 279 g/mol. The molecule has 114 valence electrons. The molecule has 2 fully saturated rings. The molecule has 1 spiro atoms. The lowest BCUT2D eigenvalue weighted by atomic mass is 10.0. The SMILES string of the molecule is Nc1c(F)ccc(N2CCC3(CC2)OCCO3)c1C(=O)O. The summed E-state index contributed by atoms with van der Waals surface area (Å²) in [5, 5.41) is 9.28. The van der Waals surface area contributed by atoms with Gasteiger partial charge in [-0.3, -0.25) is 0 Å². The van der Waals surface area contributed by atoms with Crippen LogP contribution in [-0.2, 0) is 9.47 Å². The number of hydrogen-bond acceptors (Lipinski definition) is 5. The molecule has 7 heteroatoms. The average molecular weight is 296 g/mol. The van der Waals surface area contributed by atoms with E-state index >= 15 is 0 Å². The quantitative estimate of drug-likeness (QED) is 0.804. The van der Waals surface area contributed by atoms with E-state index in [9.17, 15) is 14.3 Å². The van der Waals surface area contributed by atoms with Crippen LogP contribution >= 0.6 is 0 Å². The molecular formula is C14H17FN2O4. The van der Waals surface area contributed by atoms with Crippen molar-refractivity contribution >= 4 is 17.3 Å². The second kappa shape index (κ2) is 5.16. The number of carboxylic acid groups (broad SMARTS) is 1. The lowest BCUT2D eigenvalue weighted by Gasteiger charge is -2.39. The number of carboxylic acids is 1. The number of piperidine rings is 1. The van der Waals surface area contributed by atoms with E-state index in [-0.39, 0.29) is 11.3 Å². The third-order valence-electron chi connectivity index (χ3n) is 4.06. The molecule has 1 aromatic carbocycles. The maximum absolute atomic E-state index is 13.5. The van der Waals surface area contributed by atoms with E-state index in [1.165, 1.54) is 12.1 Å². The van der Waals surface area contributed by atoms with E-state index in [1.807, 2.05) is 4.90 Å². The molecule has 2 aliphatic rings. The summed E-state index contributed by atoms with van der Waals surface area (Å²) in [6.45, 7) is 2.32. The summed E-state index contributed by atoms with van der Waals surface area (Å²) in [7, 11) is 0. The third-order valence-corrected chi connectivity index (χ3v) is 4.06. The maximum Gasteiger partial charge on any atom is 0.340 e. The van der Waals surface area contributed by atoms with Crippen LogP contribution in [-0.4, -0.2) is 43.2 Å². The summed E-state index contributed by atoms with van der Waals surface area (Å²) in [5.74, 6) is -2.48. The van der Waals surface area contributed by atoms with Gasteiger partial charge in [0.1, 0.15) is 11.4 Å². The molecule has 0 bridgehead atoms. The van der Waals surface area contributed by atoms with Crippen molar-refractivity contribution in [2.45, 2.75) is 18.6 Å². The number of nitrogens with zero attached hydrogens (tertiary/aromatic N) is 1. The number of rotatable bonds is 2. The lowest BCUT2D eigenvalue weighted by molar-refractivity contribution is -0.169. The van der Waals surface area contributed by atoms with Crippen LogP contribution in [0.15, 0.2) is 12.1 Å². The van der Waals surface area contributed by atoms with Crippen molar-refractivity contribution in [1.82, 2.24) is 0 Å². The summed E-state index contributed by atoms with van der Waals surface area (Å²) in [5.41, 5.74) is 5.51. The average Bonchev–Trinajstić information content (AvgIpc) is 2.91. The van der Waals surface area contributed by atoms with Gasteiger partial charge >= 0.3 is 5.97 Å². The first kappa shape index (κ1) is 14.1. The smallest absolute Gasteiger partial charge is 0.340 e. The molecule has 6 nitrogen and oxygen atoms in total. The molecule has 0 amide bonds. The Morgan fingerprint density at radius 3 is 2.48 bits per heavy atom. The third kappa shape index (κ3) is 2.43. The zero-order chi connectivity index (χ0) is 15.0. The Kier molecular flexibility index (Phi) is 3.46. The summed E-state index contributed by atoms with van der Waals surface area (Å²) in [4.78, 5) is 13.2. The van der Waals surface area contributed by atoms with Gasteiger partial charge in [0.25, 0.3) is 0 Å². The predicted octanol–water partition coefficient (Wildman–Crippen LogP) is 1.45. The molecule has 0 saturated carbocycles. The van der Waals surface area contributed by atoms with Crippen LogP contribution in [0.25, 0.3) is 0 Å². The number of carbonyl (C=O) groups is 1. The Bertz CT molecular complexity index is 562. The van der Waals surface area contributed by atoms with Gasteiger partial charge in [-0.2, -0.15) is 0 Å². The number of nitrogen functional groups attached to an aromatic ring is 1. The molecule has 2 saturated heterocycles. The number of benzene rings is 1. The van der Waals surface area contributed by atoms with Gasteiger partial charge in [-0.05, 0) is 12.1 Å². The summed E-state index contributed by atoms with van der Waals surface area (Å²) in [6.07, 6.45) is 1.28. The largest absolute Gasteiger partial charge is 0.478 e. The molecule has 0 aromatic heterocycles. The number of aromatic carboxylic acids is 1. The first-order valence-corrected chi connectivity index (χ1v) is 6.86. The maximum atomic E-state index is 13.5. The van der Waals surface area contributed by atoms with Gasteiger partial charge in [0, 0.05) is 25.9 Å². The molecule has 2 heterocycles. The van der Waals surface area contributed by atoms with Crippen molar-refractivity contribution in [2.24, 2.45) is 0 Å². The van der Waals surface area contributed by atoms with Gasteiger partial charge in [0.2, 0.25) is 0 Å². The Balaban J connectivity index is 1.85. The molecule has 1 aromatic rings. The minimum atomic E-state index is -1.23. The standard InChI is InChI=1S/C14H17FN2O4/c15-9-1-2-10(11(12(9)16)13(18)19)17-5-3-14(4-6-17)20-7-8-21-14/h1-2H,3-8,16H2,(H,18,19). The van der Waals surface area contributed by atoms with E-state index < -0.39 is 17.6 Å². The fourth-order valence-electron chi connectivity index (χ4n) is 2.94. The molecule has 3 N–H and O–H groups in total. The normalized spacial score (nSPS) is 20.9. The highest BCUT2D eigenvalue weighted by Gasteiger charge is 2.40. The van der Waals surface area contributed by atoms with Crippen LogP contribution in [0.1, 0.15) is 23.2 Å². The minimum absolute atomic E-state index is 0.181. The highest BCUT2D eigenvalue weighted by molar-refractivity contribution is 6.00. The Labute approximate surface area is 121 Å². The van der Waals surface area contributed by atoms with Gasteiger partial charge in [-0.15, -0.1) is 0 Å². The molecule has 3 rings (SSSR count). The Hall–Kier alpha value is -1.86. The van der Waals surface area contributed by atoms with Crippen LogP contribution in [0.2, 0.25) is 0 Å². The number of ether oxygens (including phenoxy) is 2. The van der Waals surface area contributed by atoms with Crippen LogP contribution in [0.3, 0.4) is 0 Å². The van der Waals surface area contributed by atoms with E-state index in [1.54, 1.807) is 0 Å². The first-order valence-electron chi connectivity index (χ1n) is 6.86. The fraction of sp³-hybridized carbons (Fsp3) is 0.500. The molecule has 0 atom stereocenters. The zero-order valence-corrected chi connectivity index (χ0v) is 11.5. The number of halogens is 1. The zero-order valence-electron chi connectivity index (χ0n) is 11.5. The van der Waals surface area contributed by atoms with Crippen LogP contribution in [0, 0.1) is 5.82 Å². The van der Waals surface area contributed by atoms with Crippen molar-refractivity contribution < 1.29 is 23.8 Å². The van der Waals surface area contributed by atoms with Gasteiger partial charge in [0.15, 0.2) is 5.79 Å². The van der Waals surface area contributed by atoms with Gasteiger partial charge in [0.05, 0.1) is 24.6 Å². The lowest BCUT2D eigenvalue weighted by Crippen LogP contribution is -2.45. The summed E-state index contributed by atoms with van der Waals surface area (Å²) < 4.78 is 24.8. The minimum Gasteiger partial charge on any atom is -0.478 e. The van der Waals surface area contributed by atoms with E-state index in [0.717, 1.165) is 0 Å². The van der Waals surface area contributed by atoms with Crippen molar-refractivity contribution in [2.75, 3.05) is 36.9 Å². The number of nitrogens with two attached hydrogens (primary N) is 1. The van der Waals surface area contributed by atoms with E-state index in [4.69, 9.17) is 15.2 Å². The monoisotopic (exact) mass is 296 g/mol. The molecule has 0 unspecified atom stereocenters. The van der Waals surface area contributed by atoms with Crippen molar-refractivity contribution in [1.29, 1.82) is 0 Å². The van der Waals surface area contributed by atoms with Gasteiger partial charge in [-0.1, -0.05) is 0 Å². The summed E-state index contributed by atoms with van der Waals surface area (Å²) in [6, 6.07) is 2.66. The van der Waals surface area contributed by atoms with E-state index in [2.05, 4.69) is 0 Å². The highest BCUT2D eigenvalue weighted by atomic mass is 19.1. The highest BCUT2D eigenvalue weighted by Crippen LogP contribution is 2.35.